The van der Waals surface area contributed by atoms with Crippen molar-refractivity contribution in [2.45, 2.75) is 289 Å². The normalized spacial score (nSPS) is 18.7. The van der Waals surface area contributed by atoms with Crippen LogP contribution in [0.3, 0.4) is 0 Å². The van der Waals surface area contributed by atoms with Gasteiger partial charge in [0.05, 0.1) is 6.61 Å². The highest BCUT2D eigenvalue weighted by atomic mass is 16.7. The largest absolute Gasteiger partial charge is 0.479 e. The van der Waals surface area contributed by atoms with Gasteiger partial charge < -0.3 is 39.0 Å². The van der Waals surface area contributed by atoms with Gasteiger partial charge in [-0.2, -0.15) is 0 Å². The van der Waals surface area contributed by atoms with Gasteiger partial charge in [-0.25, -0.2) is 4.79 Å². The average molecular weight is 1060 g/mol. The molecule has 0 radical (unpaired) electrons. The standard InChI is InChI=1S/C63H106O12/c1-4-7-10-13-16-19-22-25-27-28-30-32-34-37-40-43-46-49-55(64)71-52-54(73-56(65)50-47-44-41-38-35-31-24-21-18-15-12-9-6-3)53-72-63-61(59(68)58(67)60(75-63)62(69)70)74-57(66)51-48-45-42-39-36-33-29-26-23-20-17-14-11-8-5-2/h7,10,12,15-16,19,21,24-27,29,54,58-61,63,67-68H,4-6,8-9,11,13-14,17-18,20,22-23,28,30-53H2,1-3H3,(H,69,70)/b10-7-,15-12-,19-16-,24-21-,27-25-,29-26-. The fourth-order valence-corrected chi connectivity index (χ4v) is 8.65. The summed E-state index contributed by atoms with van der Waals surface area (Å²) in [7, 11) is 0. The lowest BCUT2D eigenvalue weighted by Gasteiger charge is -2.40. The second-order valence-corrected chi connectivity index (χ2v) is 20.2. The lowest BCUT2D eigenvalue weighted by molar-refractivity contribution is -0.301. The van der Waals surface area contributed by atoms with Crippen LogP contribution < -0.4 is 0 Å². The number of unbranched alkanes of at least 4 members (excludes halogenated alkanes) is 24. The molecule has 6 atom stereocenters. The molecule has 12 nitrogen and oxygen atoms in total. The molecular weight excluding hydrogens is 949 g/mol. The minimum Gasteiger partial charge on any atom is -0.479 e. The molecule has 0 aromatic heterocycles. The van der Waals surface area contributed by atoms with Crippen molar-refractivity contribution in [3.63, 3.8) is 0 Å². The van der Waals surface area contributed by atoms with E-state index in [1.54, 1.807) is 0 Å². The van der Waals surface area contributed by atoms with E-state index in [0.29, 0.717) is 19.3 Å². The van der Waals surface area contributed by atoms with Crippen LogP contribution in [0.1, 0.15) is 252 Å². The number of ether oxygens (including phenoxy) is 5. The van der Waals surface area contributed by atoms with Crippen molar-refractivity contribution >= 4 is 23.9 Å². The van der Waals surface area contributed by atoms with Crippen LogP contribution in [0.4, 0.5) is 0 Å². The number of carbonyl (C=O) groups is 4. The van der Waals surface area contributed by atoms with E-state index in [1.165, 1.54) is 44.9 Å². The van der Waals surface area contributed by atoms with Crippen LogP contribution in [0.2, 0.25) is 0 Å². The predicted octanol–water partition coefficient (Wildman–Crippen LogP) is 15.3. The number of aliphatic hydroxyl groups excluding tert-OH is 2. The molecule has 1 aliphatic heterocycles. The van der Waals surface area contributed by atoms with E-state index in [0.717, 1.165) is 148 Å². The Hall–Kier alpha value is -3.84. The summed E-state index contributed by atoms with van der Waals surface area (Å²) in [5.74, 6) is -3.16. The topological polar surface area (TPSA) is 175 Å². The number of rotatable bonds is 50. The first-order valence-corrected chi connectivity index (χ1v) is 29.9. The van der Waals surface area contributed by atoms with E-state index < -0.39 is 67.3 Å². The molecule has 430 valence electrons. The molecule has 3 N–H and O–H groups in total. The van der Waals surface area contributed by atoms with Crippen LogP contribution in [0.15, 0.2) is 72.9 Å². The van der Waals surface area contributed by atoms with Crippen LogP contribution >= 0.6 is 0 Å². The number of allylic oxidation sites excluding steroid dienone is 12. The maximum absolute atomic E-state index is 13.1. The van der Waals surface area contributed by atoms with Crippen molar-refractivity contribution in [1.82, 2.24) is 0 Å². The fraction of sp³-hybridized carbons (Fsp3) is 0.746. The van der Waals surface area contributed by atoms with E-state index >= 15 is 0 Å². The minimum atomic E-state index is -1.91. The Balaban J connectivity index is 2.70. The molecule has 1 aliphatic rings. The molecule has 0 aromatic rings. The molecule has 1 heterocycles. The first kappa shape index (κ1) is 69.2. The molecule has 1 saturated heterocycles. The first-order chi connectivity index (χ1) is 36.6. The molecule has 6 unspecified atom stereocenters. The summed E-state index contributed by atoms with van der Waals surface area (Å²) in [6, 6.07) is 0. The molecule has 12 heteroatoms. The molecule has 0 saturated carbocycles. The van der Waals surface area contributed by atoms with E-state index in [9.17, 15) is 34.5 Å². The predicted molar refractivity (Wildman–Crippen MR) is 303 cm³/mol. The number of aliphatic carboxylic acids is 1. The minimum absolute atomic E-state index is 0.0467. The van der Waals surface area contributed by atoms with Crippen molar-refractivity contribution in [1.29, 1.82) is 0 Å². The Morgan fingerprint density at radius 2 is 0.867 bits per heavy atom. The van der Waals surface area contributed by atoms with Gasteiger partial charge in [-0.1, -0.05) is 203 Å². The highest BCUT2D eigenvalue weighted by molar-refractivity contribution is 5.74. The fourth-order valence-electron chi connectivity index (χ4n) is 8.65. The Labute approximate surface area is 455 Å². The number of hydrogen-bond acceptors (Lipinski definition) is 11. The molecule has 0 aliphatic carbocycles. The van der Waals surface area contributed by atoms with Gasteiger partial charge in [0.1, 0.15) is 18.8 Å². The molecule has 0 aromatic carbocycles. The zero-order valence-electron chi connectivity index (χ0n) is 47.3. The highest BCUT2D eigenvalue weighted by Crippen LogP contribution is 2.26. The van der Waals surface area contributed by atoms with Gasteiger partial charge in [0.15, 0.2) is 24.6 Å². The Kier molecular flexibility index (Phi) is 47.0. The summed E-state index contributed by atoms with van der Waals surface area (Å²) in [6.07, 6.45) is 51.5. The van der Waals surface area contributed by atoms with Gasteiger partial charge in [0.2, 0.25) is 0 Å². The maximum atomic E-state index is 13.1. The highest BCUT2D eigenvalue weighted by Gasteiger charge is 2.50. The van der Waals surface area contributed by atoms with Crippen LogP contribution in [-0.4, -0.2) is 89.2 Å². The van der Waals surface area contributed by atoms with E-state index in [-0.39, 0.29) is 25.9 Å². The molecule has 75 heavy (non-hydrogen) atoms. The lowest BCUT2D eigenvalue weighted by Crippen LogP contribution is -2.61. The van der Waals surface area contributed by atoms with Gasteiger partial charge in [0.25, 0.3) is 0 Å². The maximum Gasteiger partial charge on any atom is 0.335 e. The van der Waals surface area contributed by atoms with Crippen LogP contribution in [0, 0.1) is 0 Å². The molecule has 0 amide bonds. The summed E-state index contributed by atoms with van der Waals surface area (Å²) in [5, 5.41) is 31.5. The second kappa shape index (κ2) is 50.9. The van der Waals surface area contributed by atoms with Crippen molar-refractivity contribution in [2.24, 2.45) is 0 Å². The van der Waals surface area contributed by atoms with Crippen molar-refractivity contribution in [3.05, 3.63) is 72.9 Å². The van der Waals surface area contributed by atoms with Crippen molar-refractivity contribution in [3.8, 4) is 0 Å². The quantitative estimate of drug-likeness (QED) is 0.0228. The summed E-state index contributed by atoms with van der Waals surface area (Å²) >= 11 is 0. The summed E-state index contributed by atoms with van der Waals surface area (Å²) in [5.41, 5.74) is 0. The SMILES string of the molecule is CC/C=C\C/C=C\C/C=C\CCCCCCCCCC(=O)OCC(COC1OC(C(=O)O)C(O)C(O)C1OC(=O)CCCCCCC/C=C\CCCCCCCC)OC(=O)CCCCCCC/C=C\C/C=C\CCC. The van der Waals surface area contributed by atoms with Gasteiger partial charge in [-0.15, -0.1) is 0 Å². The number of carboxylic acids is 1. The van der Waals surface area contributed by atoms with Crippen LogP contribution in [-0.2, 0) is 42.9 Å². The number of hydrogen-bond donors (Lipinski definition) is 3. The summed E-state index contributed by atoms with van der Waals surface area (Å²) in [4.78, 5) is 51.1. The van der Waals surface area contributed by atoms with Gasteiger partial charge in [-0.3, -0.25) is 14.4 Å². The van der Waals surface area contributed by atoms with E-state index in [2.05, 4.69) is 93.7 Å². The molecular formula is C63H106O12. The summed E-state index contributed by atoms with van der Waals surface area (Å²) in [6.45, 7) is 5.79. The molecule has 0 spiro atoms. The van der Waals surface area contributed by atoms with Crippen molar-refractivity contribution < 1.29 is 58.2 Å². The Morgan fingerprint density at radius 1 is 0.453 bits per heavy atom. The number of carboxylic acid groups (broad SMARTS) is 1. The third-order valence-corrected chi connectivity index (χ3v) is 13.2. The smallest absolute Gasteiger partial charge is 0.335 e. The van der Waals surface area contributed by atoms with Crippen molar-refractivity contribution in [2.75, 3.05) is 13.2 Å². The molecule has 1 fully saturated rings. The number of aliphatic hydroxyl groups is 2. The third-order valence-electron chi connectivity index (χ3n) is 13.2. The average Bonchev–Trinajstić information content (AvgIpc) is 3.39. The van der Waals surface area contributed by atoms with Gasteiger partial charge in [-0.05, 0) is 103 Å². The van der Waals surface area contributed by atoms with E-state index in [1.807, 2.05) is 0 Å². The van der Waals surface area contributed by atoms with Crippen LogP contribution in [0.25, 0.3) is 0 Å². The Morgan fingerprint density at radius 3 is 1.35 bits per heavy atom. The van der Waals surface area contributed by atoms with Gasteiger partial charge in [0, 0.05) is 19.3 Å². The summed E-state index contributed by atoms with van der Waals surface area (Å²) < 4.78 is 28.4. The number of carbonyl (C=O) groups excluding carboxylic acids is 3. The molecule has 1 rings (SSSR count). The lowest BCUT2D eigenvalue weighted by atomic mass is 9.98. The monoisotopic (exact) mass is 1050 g/mol. The third kappa shape index (κ3) is 41.0. The van der Waals surface area contributed by atoms with Gasteiger partial charge >= 0.3 is 23.9 Å². The van der Waals surface area contributed by atoms with Crippen LogP contribution in [0.5, 0.6) is 0 Å². The zero-order chi connectivity index (χ0) is 54.7. The first-order valence-electron chi connectivity index (χ1n) is 29.9. The zero-order valence-corrected chi connectivity index (χ0v) is 47.3. The number of esters is 3. The molecule has 0 bridgehead atoms. The second-order valence-electron chi connectivity index (χ2n) is 20.2. The van der Waals surface area contributed by atoms with E-state index in [4.69, 9.17) is 23.7 Å². The Bertz CT molecular complexity index is 1580.